The highest BCUT2D eigenvalue weighted by Crippen LogP contribution is 2.23. The summed E-state index contributed by atoms with van der Waals surface area (Å²) in [5, 5.41) is 0. The molecular formula is C19H20N2O2S2. The molecule has 1 amide bonds. The molecule has 0 saturated carbocycles. The SMILES string of the molecule is COc1ccc2sc(=NC(=O)c3cccc(C)c3)n(CCSC)c2c1. The Hall–Kier alpha value is -2.05. The van der Waals surface area contributed by atoms with Crippen molar-refractivity contribution >= 4 is 39.2 Å². The molecule has 4 nitrogen and oxygen atoms in total. The van der Waals surface area contributed by atoms with Gasteiger partial charge in [0.1, 0.15) is 5.75 Å². The number of aryl methyl sites for hydroxylation is 2. The van der Waals surface area contributed by atoms with Gasteiger partial charge in [-0.15, -0.1) is 0 Å². The van der Waals surface area contributed by atoms with Crippen LogP contribution in [0.2, 0.25) is 0 Å². The molecule has 3 aromatic rings. The van der Waals surface area contributed by atoms with Crippen LogP contribution in [0.5, 0.6) is 5.75 Å². The Labute approximate surface area is 155 Å². The minimum absolute atomic E-state index is 0.208. The van der Waals surface area contributed by atoms with E-state index in [2.05, 4.69) is 15.8 Å². The number of ether oxygens (including phenoxy) is 1. The molecule has 0 aliphatic rings. The lowest BCUT2D eigenvalue weighted by atomic mass is 10.1. The summed E-state index contributed by atoms with van der Waals surface area (Å²) in [7, 11) is 1.66. The van der Waals surface area contributed by atoms with E-state index in [0.29, 0.717) is 5.56 Å². The molecule has 1 aromatic heterocycles. The first-order valence-electron chi connectivity index (χ1n) is 7.94. The molecule has 0 atom stereocenters. The molecule has 2 aromatic carbocycles. The number of benzene rings is 2. The van der Waals surface area contributed by atoms with Crippen molar-refractivity contribution in [1.29, 1.82) is 0 Å². The van der Waals surface area contributed by atoms with E-state index in [0.717, 1.165) is 38.6 Å². The van der Waals surface area contributed by atoms with Crippen LogP contribution in [0, 0.1) is 6.92 Å². The van der Waals surface area contributed by atoms with Crippen molar-refractivity contribution in [1.82, 2.24) is 4.57 Å². The summed E-state index contributed by atoms with van der Waals surface area (Å²) >= 11 is 3.30. The van der Waals surface area contributed by atoms with Gasteiger partial charge in [0.25, 0.3) is 5.91 Å². The number of fused-ring (bicyclic) bond motifs is 1. The molecule has 130 valence electrons. The Morgan fingerprint density at radius 1 is 1.28 bits per heavy atom. The van der Waals surface area contributed by atoms with Gasteiger partial charge in [-0.25, -0.2) is 0 Å². The second-order valence-corrected chi connectivity index (χ2v) is 7.64. The van der Waals surface area contributed by atoms with Gasteiger partial charge in [0.05, 0.1) is 17.3 Å². The zero-order valence-corrected chi connectivity index (χ0v) is 16.1. The van der Waals surface area contributed by atoms with Gasteiger partial charge in [0.15, 0.2) is 4.80 Å². The van der Waals surface area contributed by atoms with Gasteiger partial charge in [0, 0.05) is 23.9 Å². The summed E-state index contributed by atoms with van der Waals surface area (Å²) in [6.45, 7) is 2.77. The largest absolute Gasteiger partial charge is 0.497 e. The molecule has 1 heterocycles. The van der Waals surface area contributed by atoms with Crippen LogP contribution in [-0.2, 0) is 6.54 Å². The Morgan fingerprint density at radius 2 is 2.12 bits per heavy atom. The predicted octanol–water partition coefficient (Wildman–Crippen LogP) is 4.12. The van der Waals surface area contributed by atoms with Crippen LogP contribution < -0.4 is 9.54 Å². The second kappa shape index (κ2) is 7.89. The monoisotopic (exact) mass is 372 g/mol. The van der Waals surface area contributed by atoms with Crippen LogP contribution in [-0.4, -0.2) is 29.6 Å². The lowest BCUT2D eigenvalue weighted by Crippen LogP contribution is -2.18. The standard InChI is InChI=1S/C19H20N2O2S2/c1-13-5-4-6-14(11-13)18(22)20-19-21(9-10-24-3)16-12-15(23-2)7-8-17(16)25-19/h4-8,11-12H,9-10H2,1-3H3. The van der Waals surface area contributed by atoms with E-state index in [1.165, 1.54) is 11.3 Å². The average molecular weight is 373 g/mol. The van der Waals surface area contributed by atoms with Gasteiger partial charge in [-0.05, 0) is 37.4 Å². The van der Waals surface area contributed by atoms with Crippen LogP contribution in [0.25, 0.3) is 10.2 Å². The molecule has 0 saturated heterocycles. The van der Waals surface area contributed by atoms with Gasteiger partial charge in [-0.2, -0.15) is 16.8 Å². The molecule has 0 fully saturated rings. The van der Waals surface area contributed by atoms with E-state index < -0.39 is 0 Å². The third-order valence-electron chi connectivity index (χ3n) is 3.87. The molecule has 0 bridgehead atoms. The number of nitrogens with zero attached hydrogens (tertiary/aromatic N) is 2. The van der Waals surface area contributed by atoms with Crippen LogP contribution in [0.3, 0.4) is 0 Å². The van der Waals surface area contributed by atoms with Crippen LogP contribution in [0.1, 0.15) is 15.9 Å². The first-order valence-corrected chi connectivity index (χ1v) is 10.2. The third-order valence-corrected chi connectivity index (χ3v) is 5.52. The van der Waals surface area contributed by atoms with Crippen molar-refractivity contribution in [2.75, 3.05) is 19.1 Å². The molecule has 0 aliphatic heterocycles. The van der Waals surface area contributed by atoms with Crippen LogP contribution >= 0.6 is 23.1 Å². The van der Waals surface area contributed by atoms with Gasteiger partial charge in [-0.1, -0.05) is 29.0 Å². The molecule has 0 spiro atoms. The summed E-state index contributed by atoms with van der Waals surface area (Å²) in [5.41, 5.74) is 2.72. The number of amides is 1. The normalized spacial score (nSPS) is 11.9. The van der Waals surface area contributed by atoms with Crippen molar-refractivity contribution in [3.05, 3.63) is 58.4 Å². The molecule has 0 aliphatic carbocycles. The second-order valence-electron chi connectivity index (χ2n) is 5.65. The quantitative estimate of drug-likeness (QED) is 0.676. The maximum atomic E-state index is 12.6. The molecule has 0 unspecified atom stereocenters. The van der Waals surface area contributed by atoms with E-state index in [1.807, 2.05) is 43.3 Å². The van der Waals surface area contributed by atoms with Gasteiger partial charge in [0.2, 0.25) is 0 Å². The number of methoxy groups -OCH3 is 1. The van der Waals surface area contributed by atoms with Crippen molar-refractivity contribution in [2.24, 2.45) is 4.99 Å². The summed E-state index contributed by atoms with van der Waals surface area (Å²) in [6.07, 6.45) is 2.07. The zero-order valence-electron chi connectivity index (χ0n) is 14.5. The van der Waals surface area contributed by atoms with Crippen LogP contribution in [0.15, 0.2) is 47.5 Å². The molecular weight excluding hydrogens is 352 g/mol. The summed E-state index contributed by atoms with van der Waals surface area (Å²) in [6, 6.07) is 13.5. The van der Waals surface area contributed by atoms with Crippen molar-refractivity contribution < 1.29 is 9.53 Å². The number of aromatic nitrogens is 1. The molecule has 3 rings (SSSR count). The number of carbonyl (C=O) groups excluding carboxylic acids is 1. The Bertz CT molecular complexity index is 973. The smallest absolute Gasteiger partial charge is 0.279 e. The van der Waals surface area contributed by atoms with Gasteiger partial charge < -0.3 is 9.30 Å². The Morgan fingerprint density at radius 3 is 2.84 bits per heavy atom. The highest BCUT2D eigenvalue weighted by atomic mass is 32.2. The fourth-order valence-electron chi connectivity index (χ4n) is 2.59. The van der Waals surface area contributed by atoms with E-state index >= 15 is 0 Å². The Balaban J connectivity index is 2.11. The van der Waals surface area contributed by atoms with E-state index in [-0.39, 0.29) is 5.91 Å². The van der Waals surface area contributed by atoms with E-state index in [4.69, 9.17) is 4.74 Å². The minimum Gasteiger partial charge on any atom is -0.497 e. The topological polar surface area (TPSA) is 43.6 Å². The van der Waals surface area contributed by atoms with Crippen molar-refractivity contribution in [2.45, 2.75) is 13.5 Å². The van der Waals surface area contributed by atoms with Gasteiger partial charge in [-0.3, -0.25) is 4.79 Å². The maximum Gasteiger partial charge on any atom is 0.279 e. The fourth-order valence-corrected chi connectivity index (χ4v) is 3.99. The molecule has 6 heteroatoms. The number of rotatable bonds is 5. The summed E-state index contributed by atoms with van der Waals surface area (Å²) in [5.74, 6) is 1.55. The first-order chi connectivity index (χ1) is 12.1. The number of hydrogen-bond donors (Lipinski definition) is 0. The lowest BCUT2D eigenvalue weighted by Gasteiger charge is -2.05. The number of thioether (sulfide) groups is 1. The van der Waals surface area contributed by atoms with Gasteiger partial charge >= 0.3 is 0 Å². The van der Waals surface area contributed by atoms with Crippen molar-refractivity contribution in [3.8, 4) is 5.75 Å². The minimum atomic E-state index is -0.208. The molecule has 0 N–H and O–H groups in total. The van der Waals surface area contributed by atoms with Crippen LogP contribution in [0.4, 0.5) is 0 Å². The average Bonchev–Trinajstić information content (AvgIpc) is 2.96. The summed E-state index contributed by atoms with van der Waals surface area (Å²) in [4.78, 5) is 17.7. The molecule has 0 radical (unpaired) electrons. The van der Waals surface area contributed by atoms with E-state index in [1.54, 1.807) is 24.9 Å². The maximum absolute atomic E-state index is 12.6. The fraction of sp³-hybridized carbons (Fsp3) is 0.263. The first kappa shape index (κ1) is 17.8. The zero-order chi connectivity index (χ0) is 17.8. The third kappa shape index (κ3) is 3.96. The highest BCUT2D eigenvalue weighted by molar-refractivity contribution is 7.98. The number of hydrogen-bond acceptors (Lipinski definition) is 4. The Kier molecular flexibility index (Phi) is 5.60. The lowest BCUT2D eigenvalue weighted by molar-refractivity contribution is 0.0998. The van der Waals surface area contributed by atoms with Crippen molar-refractivity contribution in [3.63, 3.8) is 0 Å². The summed E-state index contributed by atoms with van der Waals surface area (Å²) < 4.78 is 8.54. The predicted molar refractivity (Wildman–Crippen MR) is 106 cm³/mol. The number of thiazole rings is 1. The molecule has 25 heavy (non-hydrogen) atoms. The highest BCUT2D eigenvalue weighted by Gasteiger charge is 2.10. The van der Waals surface area contributed by atoms with E-state index in [9.17, 15) is 4.79 Å². The number of carbonyl (C=O) groups is 1.